The van der Waals surface area contributed by atoms with Crippen molar-refractivity contribution in [1.29, 1.82) is 0 Å². The summed E-state index contributed by atoms with van der Waals surface area (Å²) in [4.78, 5) is 30.3. The molecular formula is C26H33ClN4O2. The van der Waals surface area contributed by atoms with Crippen molar-refractivity contribution in [1.82, 2.24) is 20.2 Å². The molecule has 4 fully saturated rings. The van der Waals surface area contributed by atoms with E-state index < -0.39 is 0 Å². The Bertz CT molecular complexity index is 980. The number of hydrogen-bond acceptors (Lipinski definition) is 3. The van der Waals surface area contributed by atoms with Crippen LogP contribution in [0.4, 0.5) is 0 Å². The molecule has 1 aromatic heterocycles. The molecule has 4 aliphatic carbocycles. The molecule has 33 heavy (non-hydrogen) atoms. The number of benzene rings is 1. The summed E-state index contributed by atoms with van der Waals surface area (Å²) in [5.74, 6) is 3.20. The van der Waals surface area contributed by atoms with E-state index in [-0.39, 0.29) is 23.3 Å². The summed E-state index contributed by atoms with van der Waals surface area (Å²) in [7, 11) is 1.91. The molecule has 1 atom stereocenters. The quantitative estimate of drug-likeness (QED) is 0.564. The Kier molecular flexibility index (Phi) is 6.21. The van der Waals surface area contributed by atoms with Crippen molar-refractivity contribution in [2.24, 2.45) is 30.2 Å². The van der Waals surface area contributed by atoms with Gasteiger partial charge in [0.25, 0.3) is 0 Å². The lowest BCUT2D eigenvalue weighted by molar-refractivity contribution is -0.146. The highest BCUT2D eigenvalue weighted by molar-refractivity contribution is 6.30. The third-order valence-electron chi connectivity index (χ3n) is 8.01. The second-order valence-corrected chi connectivity index (χ2v) is 10.9. The number of carbonyl (C=O) groups excluding carboxylic acids is 2. The third-order valence-corrected chi connectivity index (χ3v) is 8.26. The predicted molar refractivity (Wildman–Crippen MR) is 127 cm³/mol. The molecule has 4 aliphatic rings. The first-order valence-corrected chi connectivity index (χ1v) is 12.6. The molecule has 6 nitrogen and oxygen atoms in total. The lowest BCUT2D eigenvalue weighted by Gasteiger charge is -2.55. The highest BCUT2D eigenvalue weighted by atomic mass is 35.5. The van der Waals surface area contributed by atoms with E-state index in [0.29, 0.717) is 24.4 Å². The van der Waals surface area contributed by atoms with Gasteiger partial charge in [0.2, 0.25) is 11.8 Å². The van der Waals surface area contributed by atoms with Crippen molar-refractivity contribution < 1.29 is 9.59 Å². The number of aromatic nitrogens is 2. The molecule has 0 aliphatic heterocycles. The van der Waals surface area contributed by atoms with Crippen LogP contribution >= 0.6 is 11.6 Å². The van der Waals surface area contributed by atoms with Gasteiger partial charge in [0.05, 0.1) is 0 Å². The fourth-order valence-electron chi connectivity index (χ4n) is 6.87. The number of nitrogens with one attached hydrogen (secondary N) is 2. The van der Waals surface area contributed by atoms with Crippen LogP contribution in [-0.4, -0.2) is 27.9 Å². The summed E-state index contributed by atoms with van der Waals surface area (Å²) in [6.07, 6.45) is 11.8. The van der Waals surface area contributed by atoms with E-state index >= 15 is 0 Å². The van der Waals surface area contributed by atoms with E-state index in [0.717, 1.165) is 48.4 Å². The summed E-state index contributed by atoms with van der Waals surface area (Å²) in [6, 6.07) is 7.11. The Labute approximate surface area is 200 Å². The summed E-state index contributed by atoms with van der Waals surface area (Å²) in [5.41, 5.74) is 0.798. The smallest absolute Gasteiger partial charge is 0.226 e. The molecule has 2 N–H and O–H groups in total. The summed E-state index contributed by atoms with van der Waals surface area (Å²) in [6.45, 7) is 0.544. The first kappa shape index (κ1) is 22.5. The highest BCUT2D eigenvalue weighted by Crippen LogP contribution is 2.60. The number of imidazole rings is 1. The lowest BCUT2D eigenvalue weighted by Crippen LogP contribution is -2.53. The van der Waals surface area contributed by atoms with E-state index in [4.69, 9.17) is 11.6 Å². The van der Waals surface area contributed by atoms with Crippen LogP contribution in [0, 0.1) is 23.2 Å². The summed E-state index contributed by atoms with van der Waals surface area (Å²) in [5, 5.41) is 6.94. The van der Waals surface area contributed by atoms with Gasteiger partial charge in [-0.05, 0) is 80.4 Å². The van der Waals surface area contributed by atoms with Crippen molar-refractivity contribution in [3.8, 4) is 0 Å². The SMILES string of the molecule is Cn1ccnc1C(NC(=O)CCCNC(=O)C12CC3CC(CC(C3)C1)C2)c1ccc(Cl)cc1. The standard InChI is InChI=1S/C26H33ClN4O2/c1-31-10-9-28-24(31)23(20-4-6-21(27)7-5-20)30-22(32)3-2-8-29-25(33)26-14-17-11-18(15-26)13-19(12-17)16-26/h4-7,9-10,17-19,23H,2-3,8,11-16H2,1H3,(H,29,33)(H,30,32). The van der Waals surface area contributed by atoms with Gasteiger partial charge in [0, 0.05) is 42.8 Å². The first-order valence-electron chi connectivity index (χ1n) is 12.2. The molecule has 0 spiro atoms. The van der Waals surface area contributed by atoms with Gasteiger partial charge >= 0.3 is 0 Å². The van der Waals surface area contributed by atoms with Gasteiger partial charge in [-0.15, -0.1) is 0 Å². The molecule has 1 unspecified atom stereocenters. The van der Waals surface area contributed by atoms with Gasteiger partial charge in [-0.1, -0.05) is 23.7 Å². The third kappa shape index (κ3) is 4.68. The molecule has 4 saturated carbocycles. The molecule has 1 aromatic carbocycles. The van der Waals surface area contributed by atoms with Crippen molar-refractivity contribution in [3.63, 3.8) is 0 Å². The lowest BCUT2D eigenvalue weighted by atomic mass is 9.49. The number of hydrogen-bond donors (Lipinski definition) is 2. The van der Waals surface area contributed by atoms with Gasteiger partial charge in [0.1, 0.15) is 11.9 Å². The molecule has 2 aromatic rings. The van der Waals surface area contributed by atoms with E-state index in [1.165, 1.54) is 19.3 Å². The summed E-state index contributed by atoms with van der Waals surface area (Å²) < 4.78 is 1.91. The zero-order valence-corrected chi connectivity index (χ0v) is 20.0. The van der Waals surface area contributed by atoms with E-state index in [2.05, 4.69) is 15.6 Å². The molecule has 1 heterocycles. The van der Waals surface area contributed by atoms with E-state index in [1.807, 2.05) is 42.1 Å². The molecule has 4 bridgehead atoms. The second-order valence-electron chi connectivity index (χ2n) is 10.5. The molecule has 0 radical (unpaired) electrons. The van der Waals surface area contributed by atoms with Gasteiger partial charge in [-0.2, -0.15) is 0 Å². The Balaban J connectivity index is 1.14. The number of aryl methyl sites for hydroxylation is 1. The van der Waals surface area contributed by atoms with Crippen LogP contribution in [0.2, 0.25) is 5.02 Å². The second kappa shape index (κ2) is 9.13. The minimum atomic E-state index is -0.351. The molecule has 7 heteroatoms. The summed E-state index contributed by atoms with van der Waals surface area (Å²) >= 11 is 6.04. The molecule has 0 saturated heterocycles. The Morgan fingerprint density at radius 3 is 2.33 bits per heavy atom. The Hall–Kier alpha value is -2.34. The number of carbonyl (C=O) groups is 2. The van der Waals surface area contributed by atoms with Gasteiger partial charge < -0.3 is 15.2 Å². The fraction of sp³-hybridized carbons (Fsp3) is 0.577. The van der Waals surface area contributed by atoms with Crippen LogP contribution in [0.25, 0.3) is 0 Å². The fourth-order valence-corrected chi connectivity index (χ4v) is 6.99. The van der Waals surface area contributed by atoms with Crippen molar-refractivity contribution >= 4 is 23.4 Å². The van der Waals surface area contributed by atoms with Crippen LogP contribution in [0.3, 0.4) is 0 Å². The average molecular weight is 469 g/mol. The zero-order valence-electron chi connectivity index (χ0n) is 19.2. The zero-order chi connectivity index (χ0) is 23.0. The monoisotopic (exact) mass is 468 g/mol. The van der Waals surface area contributed by atoms with Gasteiger partial charge in [-0.25, -0.2) is 4.98 Å². The number of halogens is 1. The number of rotatable bonds is 8. The van der Waals surface area contributed by atoms with Crippen molar-refractivity contribution in [2.75, 3.05) is 6.54 Å². The Morgan fingerprint density at radius 2 is 1.76 bits per heavy atom. The van der Waals surface area contributed by atoms with Crippen LogP contribution in [-0.2, 0) is 16.6 Å². The minimum absolute atomic E-state index is 0.0537. The molecular weight excluding hydrogens is 436 g/mol. The van der Waals surface area contributed by atoms with E-state index in [9.17, 15) is 9.59 Å². The first-order chi connectivity index (χ1) is 15.9. The number of nitrogens with zero attached hydrogens (tertiary/aromatic N) is 2. The average Bonchev–Trinajstić information content (AvgIpc) is 3.20. The van der Waals surface area contributed by atoms with Crippen LogP contribution < -0.4 is 10.6 Å². The van der Waals surface area contributed by atoms with Crippen molar-refractivity contribution in [3.05, 3.63) is 53.1 Å². The molecule has 6 rings (SSSR count). The maximum Gasteiger partial charge on any atom is 0.226 e. The van der Waals surface area contributed by atoms with E-state index in [1.54, 1.807) is 6.20 Å². The van der Waals surface area contributed by atoms with Crippen molar-refractivity contribution in [2.45, 2.75) is 57.4 Å². The molecule has 176 valence electrons. The molecule has 2 amide bonds. The predicted octanol–water partition coefficient (Wildman–Crippen LogP) is 4.39. The van der Waals surface area contributed by atoms with Crippen LogP contribution in [0.15, 0.2) is 36.7 Å². The van der Waals surface area contributed by atoms with Gasteiger partial charge in [-0.3, -0.25) is 9.59 Å². The highest BCUT2D eigenvalue weighted by Gasteiger charge is 2.54. The van der Waals surface area contributed by atoms with Crippen LogP contribution in [0.1, 0.15) is 68.8 Å². The van der Waals surface area contributed by atoms with Crippen LogP contribution in [0.5, 0.6) is 0 Å². The number of amides is 2. The minimum Gasteiger partial charge on any atom is -0.356 e. The maximum atomic E-state index is 13.1. The van der Waals surface area contributed by atoms with Gasteiger partial charge in [0.15, 0.2) is 0 Å². The largest absolute Gasteiger partial charge is 0.356 e. The Morgan fingerprint density at radius 1 is 1.12 bits per heavy atom. The maximum absolute atomic E-state index is 13.1. The normalized spacial score (nSPS) is 28.5. The topological polar surface area (TPSA) is 76.0 Å².